The third-order valence-electron chi connectivity index (χ3n) is 5.76. The van der Waals surface area contributed by atoms with Crippen molar-refractivity contribution < 1.29 is 14.3 Å². The first-order valence-electron chi connectivity index (χ1n) is 6.07. The summed E-state index contributed by atoms with van der Waals surface area (Å²) in [7, 11) is 0. The van der Waals surface area contributed by atoms with Crippen molar-refractivity contribution in [3.63, 3.8) is 0 Å². The largest absolute Gasteiger partial charge is 0.453 e. The van der Waals surface area contributed by atoms with E-state index in [0.717, 1.165) is 0 Å². The lowest BCUT2D eigenvalue weighted by Gasteiger charge is -2.49. The fourth-order valence-electron chi connectivity index (χ4n) is 4.55. The van der Waals surface area contributed by atoms with Crippen LogP contribution < -0.4 is 0 Å². The first-order valence-corrected chi connectivity index (χ1v) is 6.07. The van der Waals surface area contributed by atoms with Crippen LogP contribution in [-0.4, -0.2) is 17.4 Å². The molecule has 0 aromatic heterocycles. The molecule has 4 aliphatic rings. The second-order valence-electron chi connectivity index (χ2n) is 6.14. The van der Waals surface area contributed by atoms with Crippen LogP contribution in [0.4, 0.5) is 0 Å². The number of esters is 1. The molecule has 3 aliphatic carbocycles. The van der Waals surface area contributed by atoms with Gasteiger partial charge in [0.2, 0.25) is 0 Å². The van der Waals surface area contributed by atoms with Gasteiger partial charge in [0, 0.05) is 5.41 Å². The number of fused-ring (bicyclic) bond motifs is 1. The Labute approximate surface area is 99.5 Å². The van der Waals surface area contributed by atoms with E-state index < -0.39 is 16.4 Å². The van der Waals surface area contributed by atoms with Gasteiger partial charge in [0.1, 0.15) is 0 Å². The fraction of sp³-hybridized carbons (Fsp3) is 0.571. The van der Waals surface area contributed by atoms with Crippen molar-refractivity contribution in [2.24, 2.45) is 16.2 Å². The summed E-state index contributed by atoms with van der Waals surface area (Å²) >= 11 is 0. The fourth-order valence-corrected chi connectivity index (χ4v) is 4.55. The molecule has 0 bridgehead atoms. The number of rotatable bonds is 0. The Hall–Kier alpha value is -1.38. The molecule has 0 amide bonds. The van der Waals surface area contributed by atoms with E-state index in [1.807, 2.05) is 38.2 Å². The highest BCUT2D eigenvalue weighted by atomic mass is 16.6. The molecule has 17 heavy (non-hydrogen) atoms. The maximum Gasteiger partial charge on any atom is 0.307 e. The van der Waals surface area contributed by atoms with Gasteiger partial charge in [0.05, 0.1) is 17.3 Å². The van der Waals surface area contributed by atoms with Crippen LogP contribution in [-0.2, 0) is 14.3 Å². The van der Waals surface area contributed by atoms with Crippen LogP contribution in [0.5, 0.6) is 0 Å². The van der Waals surface area contributed by atoms with Gasteiger partial charge in [-0.25, -0.2) is 0 Å². The maximum absolute atomic E-state index is 12.8. The van der Waals surface area contributed by atoms with Gasteiger partial charge < -0.3 is 4.74 Å². The first-order chi connectivity index (χ1) is 7.92. The number of Topliss-reactive ketones (excluding diaryl/α,β-unsaturated/α-hetero) is 1. The average Bonchev–Trinajstić information content (AvgIpc) is 2.78. The molecule has 4 rings (SSSR count). The van der Waals surface area contributed by atoms with Crippen molar-refractivity contribution in [2.75, 3.05) is 0 Å². The Kier molecular flexibility index (Phi) is 1.21. The van der Waals surface area contributed by atoms with Crippen molar-refractivity contribution in [2.45, 2.75) is 32.3 Å². The Morgan fingerprint density at radius 3 is 2.59 bits per heavy atom. The standard InChI is InChI=1S/C14H14O3/c1-11-6-7-12(11,2)14-5-3-4-13(14,10(11)16)8-9(15)17-14/h3,5-7H,4,8H2,1-2H3/t11-,12-,13+,14-/m0/s1. The molecule has 0 spiro atoms. The molecule has 0 aromatic carbocycles. The maximum atomic E-state index is 12.8. The zero-order valence-electron chi connectivity index (χ0n) is 9.95. The third-order valence-corrected chi connectivity index (χ3v) is 5.76. The molecule has 0 unspecified atom stereocenters. The molecule has 0 N–H and O–H groups in total. The molecule has 1 heterocycles. The van der Waals surface area contributed by atoms with Crippen LogP contribution in [0.15, 0.2) is 24.3 Å². The molecule has 88 valence electrons. The SMILES string of the molecule is C[C@]12C=C[C@@]1(C)C(=O)[C@]13CC=C[C@@]12OC(=O)C3. The van der Waals surface area contributed by atoms with E-state index in [0.29, 0.717) is 6.42 Å². The lowest BCUT2D eigenvalue weighted by Crippen LogP contribution is -2.53. The van der Waals surface area contributed by atoms with Gasteiger partial charge in [0.25, 0.3) is 0 Å². The van der Waals surface area contributed by atoms with Crippen LogP contribution >= 0.6 is 0 Å². The highest BCUT2D eigenvalue weighted by Gasteiger charge is 2.84. The summed E-state index contributed by atoms with van der Waals surface area (Å²) in [6.45, 7) is 4.02. The summed E-state index contributed by atoms with van der Waals surface area (Å²) in [6, 6.07) is 0. The van der Waals surface area contributed by atoms with Crippen LogP contribution in [0.2, 0.25) is 0 Å². The van der Waals surface area contributed by atoms with Crippen molar-refractivity contribution in [1.29, 1.82) is 0 Å². The number of allylic oxidation sites excluding steroid dienone is 2. The molecule has 0 aromatic rings. The van der Waals surface area contributed by atoms with E-state index in [-0.39, 0.29) is 23.6 Å². The Morgan fingerprint density at radius 1 is 1.18 bits per heavy atom. The Balaban J connectivity index is 2.07. The van der Waals surface area contributed by atoms with E-state index in [1.165, 1.54) is 0 Å². The van der Waals surface area contributed by atoms with Gasteiger partial charge in [-0.2, -0.15) is 0 Å². The summed E-state index contributed by atoms with van der Waals surface area (Å²) in [5, 5.41) is 0. The van der Waals surface area contributed by atoms with Crippen molar-refractivity contribution in [3.8, 4) is 0 Å². The van der Waals surface area contributed by atoms with Crippen molar-refractivity contribution >= 4 is 11.8 Å². The van der Waals surface area contributed by atoms with E-state index in [4.69, 9.17) is 4.74 Å². The molecule has 4 atom stereocenters. The van der Waals surface area contributed by atoms with Crippen molar-refractivity contribution in [1.82, 2.24) is 0 Å². The number of ketones is 1. The highest BCUT2D eigenvalue weighted by molar-refractivity contribution is 6.05. The second kappa shape index (κ2) is 2.14. The molecule has 0 radical (unpaired) electrons. The molecule has 1 aliphatic heterocycles. The summed E-state index contributed by atoms with van der Waals surface area (Å²) in [6.07, 6.45) is 8.87. The normalized spacial score (nSPS) is 57.5. The quantitative estimate of drug-likeness (QED) is 0.470. The lowest BCUT2D eigenvalue weighted by atomic mass is 9.55. The van der Waals surface area contributed by atoms with Gasteiger partial charge >= 0.3 is 5.97 Å². The minimum atomic E-state index is -0.711. The summed E-state index contributed by atoms with van der Waals surface area (Å²) < 4.78 is 5.66. The number of hydrogen-bond donors (Lipinski definition) is 0. The van der Waals surface area contributed by atoms with E-state index in [1.54, 1.807) is 0 Å². The number of carbonyl (C=O) groups excluding carboxylic acids is 2. The molecule has 3 nitrogen and oxygen atoms in total. The van der Waals surface area contributed by atoms with Crippen LogP contribution in [0.25, 0.3) is 0 Å². The Bertz CT molecular complexity index is 546. The minimum absolute atomic E-state index is 0.186. The summed E-state index contributed by atoms with van der Waals surface area (Å²) in [5.74, 6) is -0.0443. The lowest BCUT2D eigenvalue weighted by molar-refractivity contribution is -0.155. The molecular formula is C14H14O3. The smallest absolute Gasteiger partial charge is 0.307 e. The number of carbonyl (C=O) groups is 2. The predicted octanol–water partition coefficient (Wildman–Crippen LogP) is 1.78. The Morgan fingerprint density at radius 2 is 1.94 bits per heavy atom. The third kappa shape index (κ3) is 0.594. The second-order valence-corrected chi connectivity index (χ2v) is 6.14. The number of hydrogen-bond acceptors (Lipinski definition) is 3. The van der Waals surface area contributed by atoms with Gasteiger partial charge in [-0.1, -0.05) is 25.2 Å². The van der Waals surface area contributed by atoms with Gasteiger partial charge in [-0.3, -0.25) is 9.59 Å². The average molecular weight is 230 g/mol. The topological polar surface area (TPSA) is 43.4 Å². The monoisotopic (exact) mass is 230 g/mol. The van der Waals surface area contributed by atoms with Crippen LogP contribution in [0.1, 0.15) is 26.7 Å². The van der Waals surface area contributed by atoms with Gasteiger partial charge in [-0.15, -0.1) is 0 Å². The van der Waals surface area contributed by atoms with E-state index in [9.17, 15) is 9.59 Å². The van der Waals surface area contributed by atoms with Crippen LogP contribution in [0, 0.1) is 16.2 Å². The molecule has 3 heteroatoms. The zero-order valence-corrected chi connectivity index (χ0v) is 9.95. The molecule has 1 saturated heterocycles. The first kappa shape index (κ1) is 9.63. The summed E-state index contributed by atoms with van der Waals surface area (Å²) in [4.78, 5) is 24.5. The van der Waals surface area contributed by atoms with E-state index >= 15 is 0 Å². The van der Waals surface area contributed by atoms with Gasteiger partial charge in [0.15, 0.2) is 11.4 Å². The predicted molar refractivity (Wildman–Crippen MR) is 60.0 cm³/mol. The molecule has 1 saturated carbocycles. The zero-order chi connectivity index (χ0) is 12.1. The molecular weight excluding hydrogens is 216 g/mol. The highest BCUT2D eigenvalue weighted by Crippen LogP contribution is 2.76. The number of ether oxygens (including phenoxy) is 1. The van der Waals surface area contributed by atoms with E-state index in [2.05, 4.69) is 0 Å². The minimum Gasteiger partial charge on any atom is -0.453 e. The van der Waals surface area contributed by atoms with Crippen LogP contribution in [0.3, 0.4) is 0 Å². The van der Waals surface area contributed by atoms with Crippen molar-refractivity contribution in [3.05, 3.63) is 24.3 Å². The summed E-state index contributed by atoms with van der Waals surface area (Å²) in [5.41, 5.74) is -2.16. The molecule has 2 fully saturated rings. The van der Waals surface area contributed by atoms with Gasteiger partial charge in [-0.05, 0) is 19.4 Å².